The minimum Gasteiger partial charge on any atom is -0.358 e. The Kier molecular flexibility index (Phi) is 2.49. The Hall–Kier alpha value is -1.35. The van der Waals surface area contributed by atoms with Crippen molar-refractivity contribution in [2.24, 2.45) is 5.73 Å². The van der Waals surface area contributed by atoms with Crippen LogP contribution < -0.4 is 11.1 Å². The van der Waals surface area contributed by atoms with E-state index in [1.54, 1.807) is 7.05 Å². The summed E-state index contributed by atoms with van der Waals surface area (Å²) in [6.45, 7) is 0. The zero-order valence-corrected chi connectivity index (χ0v) is 10.8. The minimum absolute atomic E-state index is 0.00509. The summed E-state index contributed by atoms with van der Waals surface area (Å²) in [7, 11) is 1.72. The molecule has 2 aliphatic rings. The Balaban J connectivity index is 1.94. The van der Waals surface area contributed by atoms with E-state index in [9.17, 15) is 4.79 Å². The van der Waals surface area contributed by atoms with Crippen LogP contribution in [0.2, 0.25) is 0 Å². The first kappa shape index (κ1) is 11.7. The van der Waals surface area contributed by atoms with Gasteiger partial charge in [-0.3, -0.25) is 4.79 Å². The van der Waals surface area contributed by atoms with Gasteiger partial charge in [-0.2, -0.15) is 0 Å². The second kappa shape index (κ2) is 3.82. The first-order valence-corrected chi connectivity index (χ1v) is 6.69. The molecule has 3 rings (SSSR count). The minimum atomic E-state index is -0.267. The van der Waals surface area contributed by atoms with E-state index in [0.717, 1.165) is 32.1 Å². The van der Waals surface area contributed by atoms with E-state index in [1.807, 2.05) is 12.1 Å². The molecule has 18 heavy (non-hydrogen) atoms. The largest absolute Gasteiger partial charge is 0.358 e. The zero-order chi connectivity index (χ0) is 12.8. The standard InChI is InChI=1S/C15H20N2O/c1-17-13(18)15(8-9-15)12-5-3-2-4-11(12)10-14(16)6-7-14/h2-5H,6-10,16H2,1H3,(H,17,18). The van der Waals surface area contributed by atoms with Crippen molar-refractivity contribution in [1.29, 1.82) is 0 Å². The Morgan fingerprint density at radius 2 is 1.94 bits per heavy atom. The van der Waals surface area contributed by atoms with E-state index >= 15 is 0 Å². The van der Waals surface area contributed by atoms with Crippen LogP contribution in [-0.2, 0) is 16.6 Å². The Morgan fingerprint density at radius 3 is 2.50 bits per heavy atom. The molecule has 3 N–H and O–H groups in total. The van der Waals surface area contributed by atoms with Gasteiger partial charge in [-0.25, -0.2) is 0 Å². The van der Waals surface area contributed by atoms with Crippen molar-refractivity contribution >= 4 is 5.91 Å². The highest BCUT2D eigenvalue weighted by atomic mass is 16.2. The number of hydrogen-bond donors (Lipinski definition) is 2. The van der Waals surface area contributed by atoms with Gasteiger partial charge in [0.05, 0.1) is 5.41 Å². The summed E-state index contributed by atoms with van der Waals surface area (Å²) in [5.74, 6) is 0.150. The lowest BCUT2D eigenvalue weighted by Crippen LogP contribution is -2.33. The van der Waals surface area contributed by atoms with E-state index in [2.05, 4.69) is 17.4 Å². The number of amides is 1. The van der Waals surface area contributed by atoms with Crippen LogP contribution in [0, 0.1) is 0 Å². The van der Waals surface area contributed by atoms with Crippen LogP contribution in [0.4, 0.5) is 0 Å². The van der Waals surface area contributed by atoms with Gasteiger partial charge in [0, 0.05) is 12.6 Å². The Bertz CT molecular complexity index is 487. The van der Waals surface area contributed by atoms with Gasteiger partial charge in [0.1, 0.15) is 0 Å². The SMILES string of the molecule is CNC(=O)C1(c2ccccc2CC2(N)CC2)CC1. The molecule has 1 amide bonds. The van der Waals surface area contributed by atoms with Crippen LogP contribution in [0.3, 0.4) is 0 Å². The average Bonchev–Trinajstić information content (AvgIpc) is 3.27. The fraction of sp³-hybridized carbons (Fsp3) is 0.533. The van der Waals surface area contributed by atoms with Crippen molar-refractivity contribution < 1.29 is 4.79 Å². The van der Waals surface area contributed by atoms with Crippen molar-refractivity contribution in [3.05, 3.63) is 35.4 Å². The maximum atomic E-state index is 12.1. The highest BCUT2D eigenvalue weighted by Gasteiger charge is 2.52. The highest BCUT2D eigenvalue weighted by Crippen LogP contribution is 2.50. The highest BCUT2D eigenvalue weighted by molar-refractivity contribution is 5.91. The molecule has 0 radical (unpaired) electrons. The van der Waals surface area contributed by atoms with Crippen molar-refractivity contribution in [3.8, 4) is 0 Å². The summed E-state index contributed by atoms with van der Waals surface area (Å²) in [5.41, 5.74) is 8.40. The Morgan fingerprint density at radius 1 is 1.28 bits per heavy atom. The van der Waals surface area contributed by atoms with E-state index in [1.165, 1.54) is 11.1 Å². The molecule has 1 aromatic carbocycles. The van der Waals surface area contributed by atoms with Gasteiger partial charge >= 0.3 is 0 Å². The molecule has 0 atom stereocenters. The van der Waals surface area contributed by atoms with Crippen LogP contribution in [0.5, 0.6) is 0 Å². The molecule has 0 aromatic heterocycles. The molecule has 0 spiro atoms. The van der Waals surface area contributed by atoms with E-state index in [0.29, 0.717) is 0 Å². The molecule has 0 unspecified atom stereocenters. The molecule has 2 saturated carbocycles. The normalized spacial score (nSPS) is 22.3. The van der Waals surface area contributed by atoms with Crippen molar-refractivity contribution in [2.45, 2.75) is 43.1 Å². The lowest BCUT2D eigenvalue weighted by Gasteiger charge is -2.20. The van der Waals surface area contributed by atoms with Gasteiger partial charge in [-0.15, -0.1) is 0 Å². The van der Waals surface area contributed by atoms with Gasteiger partial charge in [0.25, 0.3) is 0 Å². The van der Waals surface area contributed by atoms with Gasteiger partial charge in [0.15, 0.2) is 0 Å². The van der Waals surface area contributed by atoms with Gasteiger partial charge < -0.3 is 11.1 Å². The topological polar surface area (TPSA) is 55.1 Å². The molecule has 0 bridgehead atoms. The average molecular weight is 244 g/mol. The lowest BCUT2D eigenvalue weighted by atomic mass is 9.87. The molecule has 3 heteroatoms. The third kappa shape index (κ3) is 1.83. The summed E-state index contributed by atoms with van der Waals surface area (Å²) in [5, 5.41) is 2.80. The lowest BCUT2D eigenvalue weighted by molar-refractivity contribution is -0.123. The first-order chi connectivity index (χ1) is 8.60. The monoisotopic (exact) mass is 244 g/mol. The van der Waals surface area contributed by atoms with Crippen LogP contribution >= 0.6 is 0 Å². The molecule has 0 aliphatic heterocycles. The Labute approximate surface area is 108 Å². The van der Waals surface area contributed by atoms with Gasteiger partial charge in [0.2, 0.25) is 5.91 Å². The number of rotatable bonds is 4. The number of benzene rings is 1. The number of nitrogens with one attached hydrogen (secondary N) is 1. The maximum absolute atomic E-state index is 12.1. The van der Waals surface area contributed by atoms with Crippen LogP contribution in [0.15, 0.2) is 24.3 Å². The van der Waals surface area contributed by atoms with E-state index in [-0.39, 0.29) is 16.9 Å². The summed E-state index contributed by atoms with van der Waals surface area (Å²) in [6, 6.07) is 8.30. The quantitative estimate of drug-likeness (QED) is 0.843. The molecule has 3 nitrogen and oxygen atoms in total. The van der Waals surface area contributed by atoms with Crippen molar-refractivity contribution in [1.82, 2.24) is 5.32 Å². The predicted octanol–water partition coefficient (Wildman–Crippen LogP) is 1.50. The third-order valence-corrected chi connectivity index (χ3v) is 4.38. The smallest absolute Gasteiger partial charge is 0.230 e. The predicted molar refractivity (Wildman–Crippen MR) is 71.3 cm³/mol. The van der Waals surface area contributed by atoms with Crippen LogP contribution in [0.1, 0.15) is 36.8 Å². The second-order valence-electron chi connectivity index (χ2n) is 5.86. The van der Waals surface area contributed by atoms with Crippen LogP contribution in [-0.4, -0.2) is 18.5 Å². The second-order valence-corrected chi connectivity index (χ2v) is 5.86. The first-order valence-electron chi connectivity index (χ1n) is 6.69. The third-order valence-electron chi connectivity index (χ3n) is 4.38. The molecule has 0 heterocycles. The fourth-order valence-corrected chi connectivity index (χ4v) is 2.84. The number of nitrogens with two attached hydrogens (primary N) is 1. The summed E-state index contributed by atoms with van der Waals surface area (Å²) in [4.78, 5) is 12.1. The van der Waals surface area contributed by atoms with Crippen molar-refractivity contribution in [3.63, 3.8) is 0 Å². The molecule has 0 saturated heterocycles. The summed E-state index contributed by atoms with van der Waals surface area (Å²) < 4.78 is 0. The van der Waals surface area contributed by atoms with Crippen molar-refractivity contribution in [2.75, 3.05) is 7.05 Å². The molecular weight excluding hydrogens is 224 g/mol. The van der Waals surface area contributed by atoms with E-state index < -0.39 is 0 Å². The molecular formula is C15H20N2O. The van der Waals surface area contributed by atoms with Gasteiger partial charge in [-0.1, -0.05) is 24.3 Å². The number of carbonyl (C=O) groups is 1. The molecule has 2 fully saturated rings. The van der Waals surface area contributed by atoms with Gasteiger partial charge in [-0.05, 0) is 43.2 Å². The maximum Gasteiger partial charge on any atom is 0.230 e. The molecule has 96 valence electrons. The molecule has 1 aromatic rings. The fourth-order valence-electron chi connectivity index (χ4n) is 2.84. The number of hydrogen-bond acceptors (Lipinski definition) is 2. The number of carbonyl (C=O) groups excluding carboxylic acids is 1. The van der Waals surface area contributed by atoms with E-state index in [4.69, 9.17) is 5.73 Å². The summed E-state index contributed by atoms with van der Waals surface area (Å²) >= 11 is 0. The zero-order valence-electron chi connectivity index (χ0n) is 10.8. The summed E-state index contributed by atoms with van der Waals surface area (Å²) in [6.07, 6.45) is 5.03. The van der Waals surface area contributed by atoms with Crippen LogP contribution in [0.25, 0.3) is 0 Å². The number of likely N-dealkylation sites (N-methyl/N-ethyl adjacent to an activating group) is 1. The molecule has 2 aliphatic carbocycles.